The molecular formula is C16H22ClN5O4S. The Hall–Kier alpha value is -1.98. The highest BCUT2D eigenvalue weighted by Gasteiger charge is 2.34. The molecule has 9 nitrogen and oxygen atoms in total. The van der Waals surface area contributed by atoms with Crippen LogP contribution in [0.15, 0.2) is 34.3 Å². The molecule has 2 aromatic rings. The molecule has 27 heavy (non-hydrogen) atoms. The third-order valence-electron chi connectivity index (χ3n) is 3.85. The van der Waals surface area contributed by atoms with E-state index in [2.05, 4.69) is 14.7 Å². The molecule has 11 heteroatoms. The van der Waals surface area contributed by atoms with Crippen molar-refractivity contribution in [3.8, 4) is 0 Å². The molecule has 0 aliphatic rings. The van der Waals surface area contributed by atoms with Gasteiger partial charge in [-0.2, -0.15) is 4.99 Å². The van der Waals surface area contributed by atoms with Crippen LogP contribution in [0, 0.1) is 5.41 Å². The summed E-state index contributed by atoms with van der Waals surface area (Å²) in [5.74, 6) is -0.130. The lowest BCUT2D eigenvalue weighted by molar-refractivity contribution is -0.0860. The predicted molar refractivity (Wildman–Crippen MR) is 104 cm³/mol. The molecule has 1 atom stereocenters. The van der Waals surface area contributed by atoms with E-state index in [0.29, 0.717) is 15.8 Å². The van der Waals surface area contributed by atoms with E-state index in [9.17, 15) is 18.6 Å². The Morgan fingerprint density at radius 1 is 1.26 bits per heavy atom. The molecular weight excluding hydrogens is 394 g/mol. The Morgan fingerprint density at radius 3 is 2.41 bits per heavy atom. The fourth-order valence-corrected chi connectivity index (χ4v) is 4.15. The third kappa shape index (κ3) is 4.85. The number of rotatable bonds is 5. The molecule has 0 aliphatic heterocycles. The first-order valence-electron chi connectivity index (χ1n) is 7.89. The highest BCUT2D eigenvalue weighted by Crippen LogP contribution is 2.32. The summed E-state index contributed by atoms with van der Waals surface area (Å²) in [6, 6.07) is 3.04. The number of fused-ring (bicyclic) bond motifs is 1. The van der Waals surface area contributed by atoms with Gasteiger partial charge in [0, 0.05) is 17.0 Å². The number of pyridine rings is 1. The van der Waals surface area contributed by atoms with E-state index >= 15 is 0 Å². The number of sulfonamides is 1. The molecule has 2 rings (SSSR count). The van der Waals surface area contributed by atoms with Gasteiger partial charge in [0.15, 0.2) is 18.1 Å². The molecule has 148 valence electrons. The van der Waals surface area contributed by atoms with Crippen LogP contribution >= 0.6 is 11.6 Å². The van der Waals surface area contributed by atoms with Gasteiger partial charge in [-0.3, -0.25) is 0 Å². The van der Waals surface area contributed by atoms with Crippen LogP contribution in [0.3, 0.4) is 0 Å². The summed E-state index contributed by atoms with van der Waals surface area (Å²) in [5.41, 5.74) is 10.0. The summed E-state index contributed by atoms with van der Waals surface area (Å²) in [6.07, 6.45) is -0.524. The Labute approximate surface area is 162 Å². The second-order valence-electron chi connectivity index (χ2n) is 7.05. The minimum absolute atomic E-state index is 0.112. The lowest BCUT2D eigenvalue weighted by Crippen LogP contribution is -2.51. The number of nitrogens with zero attached hydrogens (tertiary/aromatic N) is 2. The highest BCUT2D eigenvalue weighted by molar-refractivity contribution is 7.89. The van der Waals surface area contributed by atoms with Crippen molar-refractivity contribution in [2.45, 2.75) is 38.0 Å². The minimum atomic E-state index is -4.09. The summed E-state index contributed by atoms with van der Waals surface area (Å²) in [5, 5.41) is 20.3. The number of aliphatic hydroxyl groups excluding tert-OH is 1. The van der Waals surface area contributed by atoms with Crippen LogP contribution in [-0.2, 0) is 10.0 Å². The van der Waals surface area contributed by atoms with Gasteiger partial charge in [0.2, 0.25) is 10.0 Å². The maximum Gasteiger partial charge on any atom is 0.241 e. The van der Waals surface area contributed by atoms with Gasteiger partial charge in [-0.25, -0.2) is 18.1 Å². The average Bonchev–Trinajstić information content (AvgIpc) is 2.53. The van der Waals surface area contributed by atoms with Crippen molar-refractivity contribution in [3.05, 3.63) is 29.4 Å². The highest BCUT2D eigenvalue weighted by atomic mass is 35.5. The van der Waals surface area contributed by atoms with E-state index in [1.54, 1.807) is 20.8 Å². The molecule has 0 unspecified atom stereocenters. The van der Waals surface area contributed by atoms with Crippen molar-refractivity contribution in [3.63, 3.8) is 0 Å². The van der Waals surface area contributed by atoms with Gasteiger partial charge in [-0.1, -0.05) is 38.4 Å². The number of hydrogen-bond donors (Lipinski definition) is 5. The van der Waals surface area contributed by atoms with E-state index in [4.69, 9.17) is 23.1 Å². The first kappa shape index (κ1) is 21.3. The Morgan fingerprint density at radius 2 is 1.89 bits per heavy atom. The number of aliphatic hydroxyl groups is 2. The van der Waals surface area contributed by atoms with Gasteiger partial charge in [0.05, 0.1) is 16.0 Å². The number of aromatic nitrogens is 1. The quantitative estimate of drug-likeness (QED) is 0.273. The van der Waals surface area contributed by atoms with Crippen molar-refractivity contribution in [1.82, 2.24) is 9.71 Å². The summed E-state index contributed by atoms with van der Waals surface area (Å²) in [7, 11) is -4.09. The predicted octanol–water partition coefficient (Wildman–Crippen LogP) is 0.797. The Bertz CT molecular complexity index is 982. The Balaban J connectivity index is 2.59. The van der Waals surface area contributed by atoms with Crippen LogP contribution in [0.1, 0.15) is 20.8 Å². The van der Waals surface area contributed by atoms with Crippen LogP contribution < -0.4 is 16.2 Å². The van der Waals surface area contributed by atoms with Crippen molar-refractivity contribution in [2.24, 2.45) is 21.9 Å². The summed E-state index contributed by atoms with van der Waals surface area (Å²) in [4.78, 5) is 7.79. The van der Waals surface area contributed by atoms with Crippen molar-refractivity contribution < 1.29 is 18.6 Å². The molecule has 1 aromatic carbocycles. The van der Waals surface area contributed by atoms with Gasteiger partial charge in [0.1, 0.15) is 0 Å². The van der Waals surface area contributed by atoms with Crippen molar-refractivity contribution in [2.75, 3.05) is 0 Å². The van der Waals surface area contributed by atoms with E-state index in [-0.39, 0.29) is 16.7 Å². The minimum Gasteiger partial charge on any atom is -0.370 e. The SMILES string of the molecule is CC(C)(C)[C@@H](NS(=O)(=O)c1ccc2c(Cl)cnc(N=C(N)N)c2c1)C(O)O. The fraction of sp³-hybridized carbons (Fsp3) is 0.375. The van der Waals surface area contributed by atoms with Crippen LogP contribution in [0.5, 0.6) is 0 Å². The van der Waals surface area contributed by atoms with Gasteiger partial charge in [0.25, 0.3) is 0 Å². The lowest BCUT2D eigenvalue weighted by atomic mass is 9.87. The van der Waals surface area contributed by atoms with Crippen molar-refractivity contribution in [1.29, 1.82) is 0 Å². The van der Waals surface area contributed by atoms with E-state index in [1.165, 1.54) is 24.4 Å². The maximum absolute atomic E-state index is 12.8. The first-order chi connectivity index (χ1) is 12.3. The van der Waals surface area contributed by atoms with Crippen molar-refractivity contribution >= 4 is 44.2 Å². The molecule has 0 bridgehead atoms. The van der Waals surface area contributed by atoms with Crippen LogP contribution in [0.25, 0.3) is 10.8 Å². The molecule has 0 amide bonds. The maximum atomic E-state index is 12.8. The zero-order chi connectivity index (χ0) is 20.6. The second-order valence-corrected chi connectivity index (χ2v) is 9.17. The normalized spacial score (nSPS) is 13.7. The lowest BCUT2D eigenvalue weighted by Gasteiger charge is -2.32. The molecule has 1 heterocycles. The average molecular weight is 416 g/mol. The number of nitrogens with one attached hydrogen (secondary N) is 1. The van der Waals surface area contributed by atoms with E-state index < -0.39 is 27.8 Å². The van der Waals surface area contributed by atoms with Crippen LogP contribution in [-0.4, -0.2) is 41.9 Å². The number of benzene rings is 1. The molecule has 0 fully saturated rings. The number of halogens is 1. The molecule has 0 saturated heterocycles. The van der Waals surface area contributed by atoms with Gasteiger partial charge in [-0.05, 0) is 17.5 Å². The zero-order valence-electron chi connectivity index (χ0n) is 15.0. The third-order valence-corrected chi connectivity index (χ3v) is 5.59. The number of aliphatic imine (C=N–C) groups is 1. The molecule has 0 aliphatic carbocycles. The number of nitrogens with two attached hydrogens (primary N) is 2. The summed E-state index contributed by atoms with van der Waals surface area (Å²) >= 11 is 6.11. The van der Waals surface area contributed by atoms with Gasteiger partial charge < -0.3 is 21.7 Å². The monoisotopic (exact) mass is 415 g/mol. The van der Waals surface area contributed by atoms with Gasteiger partial charge >= 0.3 is 0 Å². The topological polar surface area (TPSA) is 164 Å². The zero-order valence-corrected chi connectivity index (χ0v) is 16.6. The largest absolute Gasteiger partial charge is 0.370 e. The molecule has 7 N–H and O–H groups in total. The molecule has 0 radical (unpaired) electrons. The number of guanidine groups is 1. The molecule has 0 spiro atoms. The van der Waals surface area contributed by atoms with Gasteiger partial charge in [-0.15, -0.1) is 0 Å². The second kappa shape index (κ2) is 7.56. The van der Waals surface area contributed by atoms with Crippen LogP contribution in [0.2, 0.25) is 5.02 Å². The van der Waals surface area contributed by atoms with E-state index in [0.717, 1.165) is 0 Å². The first-order valence-corrected chi connectivity index (χ1v) is 9.75. The van der Waals surface area contributed by atoms with E-state index in [1.807, 2.05) is 0 Å². The fourth-order valence-electron chi connectivity index (χ4n) is 2.47. The Kier molecular flexibility index (Phi) is 5.97. The summed E-state index contributed by atoms with van der Waals surface area (Å²) in [6.45, 7) is 5.04. The number of hydrogen-bond acceptors (Lipinski definition) is 6. The molecule has 1 aromatic heterocycles. The smallest absolute Gasteiger partial charge is 0.241 e. The summed E-state index contributed by atoms with van der Waals surface area (Å²) < 4.78 is 27.9. The standard InChI is InChI=1S/C16H22ClN5O4S/c1-16(2,3)12(14(23)24)22-27(25,26)8-4-5-9-10(6-8)13(21-15(18)19)20-7-11(9)17/h4-7,12,14,22-24H,1-3H3,(H4,18,19,20,21)/t12-/m0/s1. The van der Waals surface area contributed by atoms with Crippen LogP contribution in [0.4, 0.5) is 5.82 Å². The molecule has 0 saturated carbocycles.